The van der Waals surface area contributed by atoms with Crippen LogP contribution < -0.4 is 15.1 Å². The molecule has 0 radical (unpaired) electrons. The van der Waals surface area contributed by atoms with E-state index in [1.807, 2.05) is 12.1 Å². The van der Waals surface area contributed by atoms with Gasteiger partial charge in [0.2, 0.25) is 5.75 Å². The zero-order chi connectivity index (χ0) is 19.6. The fourth-order valence-electron chi connectivity index (χ4n) is 4.19. The Morgan fingerprint density at radius 3 is 2.56 bits per heavy atom. The molecule has 0 aliphatic carbocycles. The Morgan fingerprint density at radius 2 is 1.93 bits per heavy atom. The maximum atomic E-state index is 12.7. The Kier molecular flexibility index (Phi) is 6.07. The van der Waals surface area contributed by atoms with E-state index in [4.69, 9.17) is 13.9 Å². The second-order valence-electron chi connectivity index (χ2n) is 7.08. The molecule has 2 aromatic rings. The van der Waals surface area contributed by atoms with Crippen molar-refractivity contribution in [1.29, 1.82) is 0 Å². The molecule has 148 valence electrons. The molecule has 6 heteroatoms. The van der Waals surface area contributed by atoms with E-state index in [2.05, 4.69) is 30.6 Å². The summed E-state index contributed by atoms with van der Waals surface area (Å²) in [7, 11) is 3.14. The van der Waals surface area contributed by atoms with E-state index in [0.717, 1.165) is 49.1 Å². The van der Waals surface area contributed by atoms with Crippen LogP contribution in [-0.4, -0.2) is 56.2 Å². The quantitative estimate of drug-likeness (QED) is 0.695. The molecule has 6 nitrogen and oxygen atoms in total. The van der Waals surface area contributed by atoms with Gasteiger partial charge in [-0.3, -0.25) is 9.80 Å². The number of likely N-dealkylation sites (N-methyl/N-ethyl adjacent to an activating group) is 1. The Morgan fingerprint density at radius 1 is 1.19 bits per heavy atom. The minimum atomic E-state index is -0.274. The first kappa shape index (κ1) is 19.7. The van der Waals surface area contributed by atoms with Gasteiger partial charge in [-0.15, -0.1) is 0 Å². The molecule has 1 aromatic heterocycles. The zero-order valence-corrected chi connectivity index (χ0v) is 17.0. The van der Waals surface area contributed by atoms with Crippen LogP contribution in [-0.2, 0) is 13.0 Å². The number of fused-ring (bicyclic) bond motifs is 3. The third-order valence-corrected chi connectivity index (χ3v) is 5.65. The lowest BCUT2D eigenvalue weighted by Gasteiger charge is -2.34. The standard InChI is InChI=1S/C21H30N2O4/c1-6-23(7-2)14(3)12-22-11-10-15-16-8-9-18(25-4)20(26-5)19(16)27-21(24)17(15)13-22/h8-9,14H,6-7,10-13H2,1-5H3. The molecule has 0 amide bonds. The highest BCUT2D eigenvalue weighted by molar-refractivity contribution is 5.88. The highest BCUT2D eigenvalue weighted by Gasteiger charge is 2.26. The van der Waals surface area contributed by atoms with Gasteiger partial charge in [-0.1, -0.05) is 13.8 Å². The monoisotopic (exact) mass is 374 g/mol. The molecular weight excluding hydrogens is 344 g/mol. The molecule has 1 aliphatic rings. The van der Waals surface area contributed by atoms with Crippen LogP contribution in [0.4, 0.5) is 0 Å². The maximum Gasteiger partial charge on any atom is 0.341 e. The van der Waals surface area contributed by atoms with Gasteiger partial charge in [-0.25, -0.2) is 4.79 Å². The van der Waals surface area contributed by atoms with Crippen LogP contribution in [0, 0.1) is 0 Å². The van der Waals surface area contributed by atoms with E-state index < -0.39 is 0 Å². The average Bonchev–Trinajstić information content (AvgIpc) is 2.68. The second-order valence-corrected chi connectivity index (χ2v) is 7.08. The van der Waals surface area contributed by atoms with Crippen molar-refractivity contribution in [3.63, 3.8) is 0 Å². The predicted molar refractivity (Wildman–Crippen MR) is 107 cm³/mol. The van der Waals surface area contributed by atoms with Gasteiger partial charge < -0.3 is 13.9 Å². The van der Waals surface area contributed by atoms with Crippen molar-refractivity contribution in [2.45, 2.75) is 39.8 Å². The highest BCUT2D eigenvalue weighted by Crippen LogP contribution is 2.37. The first-order valence-corrected chi connectivity index (χ1v) is 9.69. The van der Waals surface area contributed by atoms with Crippen molar-refractivity contribution < 1.29 is 13.9 Å². The van der Waals surface area contributed by atoms with E-state index in [9.17, 15) is 4.79 Å². The molecule has 0 N–H and O–H groups in total. The molecule has 1 aliphatic heterocycles. The summed E-state index contributed by atoms with van der Waals surface area (Å²) in [5.41, 5.74) is 2.05. The molecule has 0 fully saturated rings. The number of ether oxygens (including phenoxy) is 2. The fraction of sp³-hybridized carbons (Fsp3) is 0.571. The van der Waals surface area contributed by atoms with Gasteiger partial charge >= 0.3 is 5.63 Å². The van der Waals surface area contributed by atoms with Crippen molar-refractivity contribution in [1.82, 2.24) is 9.80 Å². The molecule has 1 aromatic carbocycles. The molecule has 1 unspecified atom stereocenters. The normalized spacial score (nSPS) is 15.8. The third-order valence-electron chi connectivity index (χ3n) is 5.65. The number of hydrogen-bond acceptors (Lipinski definition) is 6. The number of nitrogens with zero attached hydrogens (tertiary/aromatic N) is 2. The molecule has 1 atom stereocenters. The van der Waals surface area contributed by atoms with Crippen molar-refractivity contribution in [3.05, 3.63) is 33.7 Å². The van der Waals surface area contributed by atoms with Crippen LogP contribution >= 0.6 is 0 Å². The average molecular weight is 374 g/mol. The minimum Gasteiger partial charge on any atom is -0.493 e. The summed E-state index contributed by atoms with van der Waals surface area (Å²) in [6, 6.07) is 4.29. The first-order chi connectivity index (χ1) is 13.0. The second kappa shape index (κ2) is 8.31. The van der Waals surface area contributed by atoms with Crippen LogP contribution in [0.5, 0.6) is 11.5 Å². The van der Waals surface area contributed by atoms with E-state index in [1.54, 1.807) is 14.2 Å². The molecule has 3 rings (SSSR count). The van der Waals surface area contributed by atoms with Gasteiger partial charge in [0.15, 0.2) is 11.3 Å². The summed E-state index contributed by atoms with van der Waals surface area (Å²) < 4.78 is 16.4. The molecule has 0 bridgehead atoms. The molecule has 27 heavy (non-hydrogen) atoms. The van der Waals surface area contributed by atoms with Crippen LogP contribution in [0.15, 0.2) is 21.3 Å². The van der Waals surface area contributed by atoms with Crippen molar-refractivity contribution in [3.8, 4) is 11.5 Å². The summed E-state index contributed by atoms with van der Waals surface area (Å²) in [4.78, 5) is 17.5. The lowest BCUT2D eigenvalue weighted by molar-refractivity contribution is 0.149. The fourth-order valence-corrected chi connectivity index (χ4v) is 4.19. The maximum absolute atomic E-state index is 12.7. The Labute approximate surface area is 160 Å². The molecule has 2 heterocycles. The topological polar surface area (TPSA) is 55.2 Å². The van der Waals surface area contributed by atoms with Gasteiger partial charge in [0.1, 0.15) is 0 Å². The lowest BCUT2D eigenvalue weighted by atomic mass is 9.97. The summed E-state index contributed by atoms with van der Waals surface area (Å²) in [5, 5.41) is 0.943. The van der Waals surface area contributed by atoms with E-state index >= 15 is 0 Å². The summed E-state index contributed by atoms with van der Waals surface area (Å²) in [6.07, 6.45) is 0.831. The number of benzene rings is 1. The Hall–Kier alpha value is -2.05. The molecule has 0 spiro atoms. The first-order valence-electron chi connectivity index (χ1n) is 9.69. The van der Waals surface area contributed by atoms with Crippen LogP contribution in [0.2, 0.25) is 0 Å². The van der Waals surface area contributed by atoms with Crippen LogP contribution in [0.25, 0.3) is 11.0 Å². The Bertz CT molecular complexity index is 857. The molecule has 0 saturated carbocycles. The van der Waals surface area contributed by atoms with E-state index in [0.29, 0.717) is 29.7 Å². The molecule has 0 saturated heterocycles. The van der Waals surface area contributed by atoms with Crippen molar-refractivity contribution in [2.24, 2.45) is 0 Å². The number of rotatable bonds is 7. The van der Waals surface area contributed by atoms with Gasteiger partial charge in [0.25, 0.3) is 0 Å². The molecular formula is C21H30N2O4. The number of methoxy groups -OCH3 is 2. The van der Waals surface area contributed by atoms with Gasteiger partial charge in [-0.05, 0) is 44.1 Å². The Balaban J connectivity index is 1.94. The summed E-state index contributed by atoms with van der Waals surface area (Å²) in [6.45, 7) is 11.2. The van der Waals surface area contributed by atoms with E-state index in [-0.39, 0.29) is 5.63 Å². The highest BCUT2D eigenvalue weighted by atomic mass is 16.5. The zero-order valence-electron chi connectivity index (χ0n) is 17.0. The smallest absolute Gasteiger partial charge is 0.341 e. The minimum absolute atomic E-state index is 0.274. The van der Waals surface area contributed by atoms with Gasteiger partial charge in [0.05, 0.1) is 19.8 Å². The summed E-state index contributed by atoms with van der Waals surface area (Å²) in [5.74, 6) is 1.05. The predicted octanol–water partition coefficient (Wildman–Crippen LogP) is 2.90. The van der Waals surface area contributed by atoms with Crippen molar-refractivity contribution in [2.75, 3.05) is 40.4 Å². The largest absolute Gasteiger partial charge is 0.493 e. The van der Waals surface area contributed by atoms with Gasteiger partial charge in [0, 0.05) is 31.1 Å². The lowest BCUT2D eigenvalue weighted by Crippen LogP contribution is -2.44. The van der Waals surface area contributed by atoms with Crippen LogP contribution in [0.3, 0.4) is 0 Å². The summed E-state index contributed by atoms with van der Waals surface area (Å²) >= 11 is 0. The van der Waals surface area contributed by atoms with E-state index in [1.165, 1.54) is 0 Å². The SMILES string of the molecule is CCN(CC)C(C)CN1CCc2c(c(=O)oc3c(OC)c(OC)ccc23)C1. The number of hydrogen-bond donors (Lipinski definition) is 0. The van der Waals surface area contributed by atoms with Gasteiger partial charge in [-0.2, -0.15) is 0 Å². The van der Waals surface area contributed by atoms with Crippen LogP contribution in [0.1, 0.15) is 31.9 Å². The third kappa shape index (κ3) is 3.69. The van der Waals surface area contributed by atoms with Crippen molar-refractivity contribution >= 4 is 11.0 Å².